The molecule has 224 valence electrons. The number of hydrogen-bond acceptors (Lipinski definition) is 9. The Kier molecular flexibility index (Phi) is 9.69. The first-order chi connectivity index (χ1) is 20.7. The fourth-order valence-corrected chi connectivity index (χ4v) is 5.72. The van der Waals surface area contributed by atoms with E-state index in [1.54, 1.807) is 24.6 Å². The highest BCUT2D eigenvalue weighted by Crippen LogP contribution is 2.39. The summed E-state index contributed by atoms with van der Waals surface area (Å²) in [5.74, 6) is 0.761. The van der Waals surface area contributed by atoms with Crippen LogP contribution in [0.1, 0.15) is 37.9 Å². The Labute approximate surface area is 258 Å². The maximum Gasteiger partial charge on any atom is 0.215 e. The van der Waals surface area contributed by atoms with Crippen LogP contribution in [0.3, 0.4) is 0 Å². The molecule has 4 aromatic rings. The average molecular weight is 670 g/mol. The molecule has 0 amide bonds. The zero-order valence-electron chi connectivity index (χ0n) is 23.6. The van der Waals surface area contributed by atoms with Gasteiger partial charge in [0.1, 0.15) is 30.3 Å². The summed E-state index contributed by atoms with van der Waals surface area (Å²) in [7, 11) is -2.29. The Bertz CT molecular complexity index is 1780. The summed E-state index contributed by atoms with van der Waals surface area (Å²) >= 11 is 3.56. The molecule has 0 saturated heterocycles. The molecule has 1 aliphatic rings. The summed E-state index contributed by atoms with van der Waals surface area (Å²) in [5, 5.41) is 4.11. The molecule has 0 fully saturated rings. The number of nitrogens with one attached hydrogen (secondary N) is 1. The average Bonchev–Trinajstić information content (AvgIpc) is 3.46. The summed E-state index contributed by atoms with van der Waals surface area (Å²) in [6.45, 7) is 4.20. The van der Waals surface area contributed by atoms with Crippen LogP contribution in [-0.4, -0.2) is 41.4 Å². The highest BCUT2D eigenvalue weighted by atomic mass is 79.9. The molecule has 2 aromatic carbocycles. The van der Waals surface area contributed by atoms with E-state index in [9.17, 15) is 12.8 Å². The van der Waals surface area contributed by atoms with E-state index in [1.807, 2.05) is 44.2 Å². The number of ether oxygens (including phenoxy) is 3. The Hall–Kier alpha value is -3.87. The van der Waals surface area contributed by atoms with Gasteiger partial charge in [0, 0.05) is 23.9 Å². The molecule has 0 aliphatic carbocycles. The van der Waals surface area contributed by atoms with E-state index < -0.39 is 15.9 Å². The van der Waals surface area contributed by atoms with Crippen molar-refractivity contribution in [3.05, 3.63) is 94.9 Å². The van der Waals surface area contributed by atoms with Crippen molar-refractivity contribution in [2.45, 2.75) is 38.9 Å². The number of pyridine rings is 1. The maximum absolute atomic E-state index is 13.5. The minimum atomic E-state index is -2.29. The number of aromatic nitrogens is 3. The van der Waals surface area contributed by atoms with Crippen LogP contribution < -0.4 is 10.1 Å². The van der Waals surface area contributed by atoms with Crippen LogP contribution >= 0.6 is 15.9 Å². The third-order valence-electron chi connectivity index (χ3n) is 7.06. The van der Waals surface area contributed by atoms with Crippen molar-refractivity contribution in [3.63, 3.8) is 0 Å². The van der Waals surface area contributed by atoms with E-state index in [0.717, 1.165) is 21.1 Å². The summed E-state index contributed by atoms with van der Waals surface area (Å²) in [6, 6.07) is 13.8. The van der Waals surface area contributed by atoms with E-state index >= 15 is 0 Å². The van der Waals surface area contributed by atoms with Crippen LogP contribution in [0, 0.1) is 11.7 Å². The SMILES string of the molecule is CC(C)C(COCCC1(c2cc3c(Nc4ccc(OCc5cccc(F)c5)c(Br)c4)ncnc3cn2)CC=CO1)=S(=O)=O. The van der Waals surface area contributed by atoms with Crippen molar-refractivity contribution in [1.29, 1.82) is 0 Å². The maximum atomic E-state index is 13.5. The van der Waals surface area contributed by atoms with Gasteiger partial charge in [0.2, 0.25) is 10.3 Å². The lowest BCUT2D eigenvalue weighted by Crippen LogP contribution is -2.29. The minimum Gasteiger partial charge on any atom is -0.488 e. The van der Waals surface area contributed by atoms with Gasteiger partial charge >= 0.3 is 0 Å². The molecule has 2 aromatic heterocycles. The second kappa shape index (κ2) is 13.6. The lowest BCUT2D eigenvalue weighted by Gasteiger charge is -2.28. The molecule has 3 heterocycles. The Morgan fingerprint density at radius 3 is 2.74 bits per heavy atom. The number of hydrogen-bond donors (Lipinski definition) is 1. The molecule has 1 aliphatic heterocycles. The minimum absolute atomic E-state index is 0.0362. The van der Waals surface area contributed by atoms with Crippen molar-refractivity contribution in [3.8, 4) is 5.75 Å². The fraction of sp³-hybridized carbons (Fsp3) is 0.290. The zero-order valence-corrected chi connectivity index (χ0v) is 26.0. The molecular formula is C31H30BrFN4O5S. The molecule has 1 unspecified atom stereocenters. The van der Waals surface area contributed by atoms with Crippen molar-refractivity contribution in [1.82, 2.24) is 15.0 Å². The second-order valence-electron chi connectivity index (χ2n) is 10.3. The molecule has 9 nitrogen and oxygen atoms in total. The largest absolute Gasteiger partial charge is 0.488 e. The van der Waals surface area contributed by atoms with Gasteiger partial charge in [-0.3, -0.25) is 4.98 Å². The first-order valence-electron chi connectivity index (χ1n) is 13.6. The van der Waals surface area contributed by atoms with Crippen molar-refractivity contribution in [2.24, 2.45) is 5.92 Å². The normalized spacial score (nSPS) is 15.9. The highest BCUT2D eigenvalue weighted by Gasteiger charge is 2.37. The number of nitrogens with zero attached hydrogens (tertiary/aromatic N) is 3. The summed E-state index contributed by atoms with van der Waals surface area (Å²) in [4.78, 5) is 13.9. The van der Waals surface area contributed by atoms with E-state index in [0.29, 0.717) is 40.5 Å². The van der Waals surface area contributed by atoms with Crippen LogP contribution in [-0.2, 0) is 32.0 Å². The van der Waals surface area contributed by atoms with Crippen LogP contribution in [0.4, 0.5) is 15.9 Å². The number of halogens is 2. The highest BCUT2D eigenvalue weighted by molar-refractivity contribution is 9.10. The third-order valence-corrected chi connectivity index (χ3v) is 8.69. The van der Waals surface area contributed by atoms with Gasteiger partial charge in [-0.05, 0) is 69.9 Å². The topological polar surface area (TPSA) is 113 Å². The smallest absolute Gasteiger partial charge is 0.215 e. The molecule has 0 radical (unpaired) electrons. The quantitative estimate of drug-likeness (QED) is 0.134. The van der Waals surface area contributed by atoms with Gasteiger partial charge in [0.15, 0.2) is 5.60 Å². The van der Waals surface area contributed by atoms with Gasteiger partial charge < -0.3 is 19.5 Å². The number of benzene rings is 2. The summed E-state index contributed by atoms with van der Waals surface area (Å²) in [6.07, 6.45) is 7.80. The number of anilines is 2. The molecule has 0 bridgehead atoms. The lowest BCUT2D eigenvalue weighted by atomic mass is 9.91. The standard InChI is InChI=1S/C31H30BrFN4O5S/c1-20(2)28(43(38)39)18-40-12-10-31(9-4-11-42-31)29-15-24-26(16-34-29)35-19-36-30(24)37-23-7-8-27(25(32)14-23)41-17-21-5-3-6-22(33)13-21/h3-8,11,13-16,19-20H,9-10,12,17-18H2,1-2H3,(H,35,36,37). The first kappa shape index (κ1) is 30.6. The van der Waals surface area contributed by atoms with E-state index in [-0.39, 0.29) is 31.6 Å². The molecule has 0 spiro atoms. The van der Waals surface area contributed by atoms with Crippen molar-refractivity contribution < 1.29 is 27.0 Å². The number of rotatable bonds is 12. The van der Waals surface area contributed by atoms with Crippen LogP contribution in [0.2, 0.25) is 0 Å². The van der Waals surface area contributed by atoms with Crippen molar-refractivity contribution in [2.75, 3.05) is 18.5 Å². The van der Waals surface area contributed by atoms with E-state index in [2.05, 4.69) is 36.2 Å². The molecule has 1 atom stereocenters. The monoisotopic (exact) mass is 668 g/mol. The van der Waals surface area contributed by atoms with Gasteiger partial charge in [-0.25, -0.2) is 14.4 Å². The Morgan fingerprint density at radius 2 is 2.02 bits per heavy atom. The number of fused-ring (bicyclic) bond motifs is 1. The van der Waals surface area contributed by atoms with Gasteiger partial charge in [-0.2, -0.15) is 8.42 Å². The van der Waals surface area contributed by atoms with Gasteiger partial charge in [-0.15, -0.1) is 0 Å². The van der Waals surface area contributed by atoms with Crippen molar-refractivity contribution >= 4 is 53.5 Å². The molecule has 0 saturated carbocycles. The van der Waals surface area contributed by atoms with Crippen LogP contribution in [0.15, 0.2) is 77.9 Å². The molecule has 1 N–H and O–H groups in total. The van der Waals surface area contributed by atoms with Gasteiger partial charge in [-0.1, -0.05) is 26.0 Å². The zero-order chi connectivity index (χ0) is 30.4. The molecule has 5 rings (SSSR count). The van der Waals surface area contributed by atoms with Gasteiger partial charge in [0.25, 0.3) is 0 Å². The van der Waals surface area contributed by atoms with E-state index in [4.69, 9.17) is 14.2 Å². The predicted molar refractivity (Wildman–Crippen MR) is 166 cm³/mol. The summed E-state index contributed by atoms with van der Waals surface area (Å²) < 4.78 is 54.9. The molecule has 43 heavy (non-hydrogen) atoms. The van der Waals surface area contributed by atoms with E-state index in [1.165, 1.54) is 18.5 Å². The third kappa shape index (κ3) is 7.38. The second-order valence-corrected chi connectivity index (χ2v) is 12.2. The lowest BCUT2D eigenvalue weighted by molar-refractivity contribution is 0.00248. The molecular weight excluding hydrogens is 639 g/mol. The fourth-order valence-electron chi connectivity index (χ4n) is 4.66. The van der Waals surface area contributed by atoms with Crippen LogP contribution in [0.25, 0.3) is 10.9 Å². The van der Waals surface area contributed by atoms with Gasteiger partial charge in [0.05, 0.1) is 46.2 Å². The predicted octanol–water partition coefficient (Wildman–Crippen LogP) is 6.49. The Morgan fingerprint density at radius 1 is 1.16 bits per heavy atom. The van der Waals surface area contributed by atoms with Crippen LogP contribution in [0.5, 0.6) is 5.75 Å². The molecule has 12 heteroatoms. The first-order valence-corrected chi connectivity index (χ1v) is 15.5. The summed E-state index contributed by atoms with van der Waals surface area (Å²) in [5.41, 5.74) is 2.07. The Balaban J connectivity index is 1.32.